The van der Waals surface area contributed by atoms with Crippen molar-refractivity contribution in [2.75, 3.05) is 18.8 Å². The van der Waals surface area contributed by atoms with Gasteiger partial charge in [0.1, 0.15) is 0 Å². The third-order valence-corrected chi connectivity index (χ3v) is 5.18. The van der Waals surface area contributed by atoms with Crippen LogP contribution in [0.3, 0.4) is 0 Å². The van der Waals surface area contributed by atoms with Crippen molar-refractivity contribution >= 4 is 11.8 Å². The monoisotopic (exact) mass is 184 g/mol. The van der Waals surface area contributed by atoms with Gasteiger partial charge in [0, 0.05) is 24.3 Å². The van der Waals surface area contributed by atoms with Crippen LogP contribution in [0.5, 0.6) is 0 Å². The van der Waals surface area contributed by atoms with Gasteiger partial charge in [0.15, 0.2) is 0 Å². The molecule has 3 aliphatic heterocycles. The summed E-state index contributed by atoms with van der Waals surface area (Å²) in [6.07, 6.45) is 1.43. The molecule has 0 amide bonds. The molecule has 0 radical (unpaired) electrons. The molecule has 4 aliphatic rings. The lowest BCUT2D eigenvalue weighted by Gasteiger charge is -2.45. The Bertz CT molecular complexity index is 187. The van der Waals surface area contributed by atoms with E-state index in [4.69, 9.17) is 0 Å². The third kappa shape index (κ3) is 0.847. The summed E-state index contributed by atoms with van der Waals surface area (Å²) < 4.78 is 0. The van der Waals surface area contributed by atoms with Gasteiger partial charge in [-0.25, -0.2) is 0 Å². The van der Waals surface area contributed by atoms with Gasteiger partial charge in [-0.1, -0.05) is 0 Å². The summed E-state index contributed by atoms with van der Waals surface area (Å²) in [5.41, 5.74) is 0. The molecule has 3 heteroatoms. The molecular weight excluding hydrogens is 168 g/mol. The zero-order valence-corrected chi connectivity index (χ0v) is 8.29. The molecule has 3 heterocycles. The molecule has 4 rings (SSSR count). The summed E-state index contributed by atoms with van der Waals surface area (Å²) >= 11 is 2.12. The summed E-state index contributed by atoms with van der Waals surface area (Å²) in [7, 11) is 0. The van der Waals surface area contributed by atoms with Crippen LogP contribution in [0.1, 0.15) is 13.3 Å². The summed E-state index contributed by atoms with van der Waals surface area (Å²) in [6, 6.07) is 0.832. The van der Waals surface area contributed by atoms with Gasteiger partial charge in [-0.2, -0.15) is 0 Å². The van der Waals surface area contributed by atoms with Crippen LogP contribution in [0.15, 0.2) is 0 Å². The number of hydrogen-bond donors (Lipinski definition) is 2. The molecule has 2 nitrogen and oxygen atoms in total. The van der Waals surface area contributed by atoms with E-state index < -0.39 is 0 Å². The predicted octanol–water partition coefficient (Wildman–Crippen LogP) is 0.647. The lowest BCUT2D eigenvalue weighted by molar-refractivity contribution is 0.151. The first-order chi connectivity index (χ1) is 5.80. The highest BCUT2D eigenvalue weighted by Gasteiger charge is 2.56. The normalized spacial score (nSPS) is 57.2. The van der Waals surface area contributed by atoms with E-state index in [2.05, 4.69) is 29.3 Å². The van der Waals surface area contributed by atoms with Crippen molar-refractivity contribution < 1.29 is 0 Å². The summed E-state index contributed by atoms with van der Waals surface area (Å²) in [4.78, 5) is 0.400. The molecular formula is C9H16N2S. The first-order valence-corrected chi connectivity index (χ1v) is 5.90. The first kappa shape index (κ1) is 7.65. The maximum Gasteiger partial charge on any atom is 0.0664 e. The molecule has 2 N–H and O–H groups in total. The minimum Gasteiger partial charge on any atom is -0.313 e. The fourth-order valence-electron chi connectivity index (χ4n) is 3.14. The molecule has 3 saturated heterocycles. The largest absolute Gasteiger partial charge is 0.313 e. The highest BCUT2D eigenvalue weighted by molar-refractivity contribution is 8.00. The van der Waals surface area contributed by atoms with Crippen LogP contribution in [0, 0.1) is 11.8 Å². The Hall–Kier alpha value is 0.270. The highest BCUT2D eigenvalue weighted by atomic mass is 32.2. The molecule has 1 aliphatic carbocycles. The van der Waals surface area contributed by atoms with Crippen LogP contribution in [0.2, 0.25) is 0 Å². The summed E-state index contributed by atoms with van der Waals surface area (Å²) in [5, 5.41) is 7.25. The Labute approximate surface area is 77.9 Å². The van der Waals surface area contributed by atoms with Gasteiger partial charge in [0.25, 0.3) is 0 Å². The number of thioether (sulfide) groups is 1. The van der Waals surface area contributed by atoms with Crippen molar-refractivity contribution in [3.63, 3.8) is 0 Å². The first-order valence-electron chi connectivity index (χ1n) is 4.92. The topological polar surface area (TPSA) is 24.1 Å². The Morgan fingerprint density at radius 3 is 2.92 bits per heavy atom. The van der Waals surface area contributed by atoms with Crippen LogP contribution < -0.4 is 10.6 Å². The van der Waals surface area contributed by atoms with E-state index in [-0.39, 0.29) is 0 Å². The van der Waals surface area contributed by atoms with Gasteiger partial charge in [-0.05, 0) is 25.8 Å². The second-order valence-corrected chi connectivity index (χ2v) is 5.96. The van der Waals surface area contributed by atoms with Gasteiger partial charge >= 0.3 is 0 Å². The second kappa shape index (κ2) is 2.40. The van der Waals surface area contributed by atoms with Crippen LogP contribution in [-0.4, -0.2) is 29.8 Å². The molecule has 68 valence electrons. The quantitative estimate of drug-likeness (QED) is 0.625. The van der Waals surface area contributed by atoms with E-state index in [1.165, 1.54) is 25.3 Å². The molecule has 0 aromatic heterocycles. The molecule has 4 fully saturated rings. The molecule has 4 atom stereocenters. The van der Waals surface area contributed by atoms with Crippen LogP contribution in [-0.2, 0) is 0 Å². The van der Waals surface area contributed by atoms with Gasteiger partial charge < -0.3 is 10.6 Å². The zero-order valence-electron chi connectivity index (χ0n) is 7.47. The van der Waals surface area contributed by atoms with Crippen molar-refractivity contribution in [2.45, 2.75) is 24.3 Å². The Morgan fingerprint density at radius 1 is 1.50 bits per heavy atom. The standard InChI is InChI=1S/C9H16N2S/c1-9(11-2-3-12-9)8-6-4-7(8)10-5-6/h6-8,10-11H,2-5H2,1H3. The van der Waals surface area contributed by atoms with E-state index in [1.54, 1.807) is 0 Å². The third-order valence-electron chi connectivity index (χ3n) is 3.76. The lowest BCUT2D eigenvalue weighted by atomic mass is 9.70. The predicted molar refractivity (Wildman–Crippen MR) is 52.3 cm³/mol. The average molecular weight is 184 g/mol. The fourth-order valence-corrected chi connectivity index (χ4v) is 4.52. The Balaban J connectivity index is 1.80. The second-order valence-electron chi connectivity index (χ2n) is 4.42. The van der Waals surface area contributed by atoms with E-state index >= 15 is 0 Å². The number of rotatable bonds is 1. The maximum absolute atomic E-state index is 3.66. The smallest absolute Gasteiger partial charge is 0.0664 e. The van der Waals surface area contributed by atoms with Crippen molar-refractivity contribution in [1.29, 1.82) is 0 Å². The van der Waals surface area contributed by atoms with E-state index in [0.29, 0.717) is 4.87 Å². The average Bonchev–Trinajstić information content (AvgIpc) is 2.58. The summed E-state index contributed by atoms with van der Waals surface area (Å²) in [6.45, 7) is 4.87. The van der Waals surface area contributed by atoms with Crippen LogP contribution in [0.4, 0.5) is 0 Å². The van der Waals surface area contributed by atoms with Gasteiger partial charge in [0.2, 0.25) is 0 Å². The number of hydrogen-bond acceptors (Lipinski definition) is 3. The molecule has 0 aromatic carbocycles. The molecule has 4 unspecified atom stereocenters. The lowest BCUT2D eigenvalue weighted by Crippen LogP contribution is -2.54. The van der Waals surface area contributed by atoms with E-state index in [1.807, 2.05) is 0 Å². The Kier molecular flexibility index (Phi) is 1.53. The van der Waals surface area contributed by atoms with Gasteiger partial charge in [-0.3, -0.25) is 0 Å². The molecule has 12 heavy (non-hydrogen) atoms. The molecule has 0 spiro atoms. The number of nitrogens with one attached hydrogen (secondary N) is 2. The maximum atomic E-state index is 3.66. The van der Waals surface area contributed by atoms with Crippen molar-refractivity contribution in [2.24, 2.45) is 11.8 Å². The molecule has 0 aromatic rings. The highest BCUT2D eigenvalue weighted by Crippen LogP contribution is 2.51. The van der Waals surface area contributed by atoms with Crippen molar-refractivity contribution in [3.8, 4) is 0 Å². The number of fused-ring (bicyclic) bond motifs is 1. The van der Waals surface area contributed by atoms with E-state index in [0.717, 1.165) is 17.9 Å². The van der Waals surface area contributed by atoms with Crippen LogP contribution in [0.25, 0.3) is 0 Å². The zero-order chi connectivity index (χ0) is 8.18. The Morgan fingerprint density at radius 2 is 2.42 bits per heavy atom. The van der Waals surface area contributed by atoms with Gasteiger partial charge in [0.05, 0.1) is 4.87 Å². The minimum absolute atomic E-state index is 0.400. The van der Waals surface area contributed by atoms with Crippen molar-refractivity contribution in [3.05, 3.63) is 0 Å². The van der Waals surface area contributed by atoms with Crippen LogP contribution >= 0.6 is 11.8 Å². The molecule has 1 saturated carbocycles. The van der Waals surface area contributed by atoms with Gasteiger partial charge in [-0.15, -0.1) is 11.8 Å². The minimum atomic E-state index is 0.400. The van der Waals surface area contributed by atoms with Crippen molar-refractivity contribution in [1.82, 2.24) is 10.6 Å². The van der Waals surface area contributed by atoms with E-state index in [9.17, 15) is 0 Å². The summed E-state index contributed by atoms with van der Waals surface area (Å²) in [5.74, 6) is 3.18. The fraction of sp³-hybridized carbons (Fsp3) is 1.00. The molecule has 2 bridgehead atoms. The SMILES string of the molecule is CC1(C2C3CNC2C3)NCCS1.